The fourth-order valence-electron chi connectivity index (χ4n) is 1.84. The molecule has 116 valence electrons. The molecule has 2 rings (SSSR count). The molecule has 0 saturated heterocycles. The molecule has 0 bridgehead atoms. The molecule has 2 N–H and O–H groups in total. The van der Waals surface area contributed by atoms with E-state index in [0.717, 1.165) is 0 Å². The predicted octanol–water partition coefficient (Wildman–Crippen LogP) is 2.38. The zero-order valence-corrected chi connectivity index (χ0v) is 14.3. The van der Waals surface area contributed by atoms with Gasteiger partial charge in [-0.25, -0.2) is 0 Å². The minimum Gasteiger partial charge on any atom is -0.271 e. The smallest absolute Gasteiger partial charge is 0.270 e. The molecule has 6 nitrogen and oxygen atoms in total. The maximum absolute atomic E-state index is 11.9. The van der Waals surface area contributed by atoms with Crippen molar-refractivity contribution in [2.75, 3.05) is 0 Å². The van der Waals surface area contributed by atoms with E-state index in [0.29, 0.717) is 26.4 Å². The number of hydrogen-bond acceptors (Lipinski definition) is 3. The third-order valence-electron chi connectivity index (χ3n) is 3.02. The number of carbonyl (C=O) groups is 2. The maximum atomic E-state index is 11.9. The van der Waals surface area contributed by atoms with Crippen molar-refractivity contribution in [1.29, 1.82) is 0 Å². The predicted molar refractivity (Wildman–Crippen MR) is 86.5 cm³/mol. The Labute approximate surface area is 140 Å². The Morgan fingerprint density at radius 1 is 1.27 bits per heavy atom. The van der Waals surface area contributed by atoms with Crippen LogP contribution in [0.25, 0.3) is 0 Å². The van der Waals surface area contributed by atoms with E-state index < -0.39 is 11.8 Å². The molecule has 2 amide bonds. The van der Waals surface area contributed by atoms with Gasteiger partial charge in [-0.1, -0.05) is 23.7 Å². The first-order valence-electron chi connectivity index (χ1n) is 6.43. The highest BCUT2D eigenvalue weighted by atomic mass is 79.9. The molecule has 0 saturated carbocycles. The van der Waals surface area contributed by atoms with E-state index in [2.05, 4.69) is 31.9 Å². The summed E-state index contributed by atoms with van der Waals surface area (Å²) in [4.78, 5) is 23.8. The van der Waals surface area contributed by atoms with Gasteiger partial charge in [-0.15, -0.1) is 0 Å². The van der Waals surface area contributed by atoms with Crippen molar-refractivity contribution in [1.82, 2.24) is 20.6 Å². The van der Waals surface area contributed by atoms with Gasteiger partial charge < -0.3 is 0 Å². The number of nitrogens with zero attached hydrogens (tertiary/aromatic N) is 2. The van der Waals surface area contributed by atoms with Crippen molar-refractivity contribution in [2.45, 2.75) is 20.4 Å². The van der Waals surface area contributed by atoms with Crippen LogP contribution in [0.2, 0.25) is 5.02 Å². The summed E-state index contributed by atoms with van der Waals surface area (Å²) in [5, 5.41) is 4.69. The van der Waals surface area contributed by atoms with Crippen molar-refractivity contribution < 1.29 is 9.59 Å². The SMILES string of the molecule is Cc1nn(CC(=O)NNC(=O)c2ccccc2Br)c(C)c1Cl. The van der Waals surface area contributed by atoms with Crippen LogP contribution < -0.4 is 10.9 Å². The molecule has 0 unspecified atom stereocenters. The van der Waals surface area contributed by atoms with Gasteiger partial charge in [0.05, 0.1) is 22.0 Å². The Morgan fingerprint density at radius 2 is 1.95 bits per heavy atom. The van der Waals surface area contributed by atoms with E-state index in [1.54, 1.807) is 38.1 Å². The second kappa shape index (κ2) is 6.93. The van der Waals surface area contributed by atoms with Gasteiger partial charge in [0, 0.05) is 4.47 Å². The summed E-state index contributed by atoms with van der Waals surface area (Å²) < 4.78 is 2.13. The largest absolute Gasteiger partial charge is 0.271 e. The number of amides is 2. The van der Waals surface area contributed by atoms with Crippen molar-refractivity contribution in [3.05, 3.63) is 50.7 Å². The number of aromatic nitrogens is 2. The minimum absolute atomic E-state index is 0.0321. The van der Waals surface area contributed by atoms with Crippen molar-refractivity contribution in [3.8, 4) is 0 Å². The van der Waals surface area contributed by atoms with Crippen LogP contribution in [-0.2, 0) is 11.3 Å². The molecule has 0 atom stereocenters. The van der Waals surface area contributed by atoms with Crippen LogP contribution in [0.4, 0.5) is 0 Å². The molecule has 0 radical (unpaired) electrons. The van der Waals surface area contributed by atoms with E-state index in [-0.39, 0.29) is 6.54 Å². The number of hydrogen-bond donors (Lipinski definition) is 2. The monoisotopic (exact) mass is 384 g/mol. The molecule has 1 heterocycles. The molecule has 0 spiro atoms. The molecular weight excluding hydrogens is 372 g/mol. The third-order valence-corrected chi connectivity index (χ3v) is 4.26. The minimum atomic E-state index is -0.410. The number of hydrazine groups is 1. The summed E-state index contributed by atoms with van der Waals surface area (Å²) in [7, 11) is 0. The van der Waals surface area contributed by atoms with Crippen LogP contribution in [0.5, 0.6) is 0 Å². The summed E-state index contributed by atoms with van der Waals surface area (Å²) in [5.74, 6) is -0.810. The molecule has 0 aliphatic heterocycles. The zero-order valence-electron chi connectivity index (χ0n) is 12.0. The second-order valence-corrected chi connectivity index (χ2v) is 5.86. The highest BCUT2D eigenvalue weighted by Gasteiger charge is 2.14. The molecule has 22 heavy (non-hydrogen) atoms. The maximum Gasteiger partial charge on any atom is 0.270 e. The first-order chi connectivity index (χ1) is 10.4. The van der Waals surface area contributed by atoms with Crippen molar-refractivity contribution >= 4 is 39.3 Å². The van der Waals surface area contributed by atoms with Gasteiger partial charge in [-0.2, -0.15) is 5.10 Å². The molecule has 0 aliphatic rings. The molecule has 2 aromatic rings. The number of nitrogens with one attached hydrogen (secondary N) is 2. The lowest BCUT2D eigenvalue weighted by Gasteiger charge is -2.09. The van der Waals surface area contributed by atoms with Gasteiger partial charge in [-0.05, 0) is 41.9 Å². The Bertz CT molecular complexity index is 730. The molecule has 0 fully saturated rings. The van der Waals surface area contributed by atoms with Crippen LogP contribution in [0.15, 0.2) is 28.7 Å². The highest BCUT2D eigenvalue weighted by Crippen LogP contribution is 2.18. The van der Waals surface area contributed by atoms with Crippen LogP contribution in [0, 0.1) is 13.8 Å². The Morgan fingerprint density at radius 3 is 2.55 bits per heavy atom. The second-order valence-electron chi connectivity index (χ2n) is 4.62. The van der Waals surface area contributed by atoms with Gasteiger partial charge in [0.1, 0.15) is 6.54 Å². The average Bonchev–Trinajstić information content (AvgIpc) is 2.72. The summed E-state index contributed by atoms with van der Waals surface area (Å²) in [6.45, 7) is 3.50. The van der Waals surface area contributed by atoms with E-state index in [4.69, 9.17) is 11.6 Å². The first kappa shape index (κ1) is 16.5. The fourth-order valence-corrected chi connectivity index (χ4v) is 2.44. The fraction of sp³-hybridized carbons (Fsp3) is 0.214. The standard InChI is InChI=1S/C14H14BrClN4O2/c1-8-13(16)9(2)20(19-8)7-12(21)17-18-14(22)10-5-3-4-6-11(10)15/h3-6H,7H2,1-2H3,(H,17,21)(H,18,22). The van der Waals surface area contributed by atoms with Gasteiger partial charge in [0.25, 0.3) is 11.8 Å². The zero-order chi connectivity index (χ0) is 16.3. The highest BCUT2D eigenvalue weighted by molar-refractivity contribution is 9.10. The molecule has 1 aromatic heterocycles. The van der Waals surface area contributed by atoms with Crippen molar-refractivity contribution in [2.24, 2.45) is 0 Å². The summed E-state index contributed by atoms with van der Waals surface area (Å²) >= 11 is 9.29. The summed E-state index contributed by atoms with van der Waals surface area (Å²) in [5.41, 5.74) is 6.49. The van der Waals surface area contributed by atoms with Crippen LogP contribution in [-0.4, -0.2) is 21.6 Å². The number of halogens is 2. The van der Waals surface area contributed by atoms with Crippen molar-refractivity contribution in [3.63, 3.8) is 0 Å². The van der Waals surface area contributed by atoms with Crippen LogP contribution in [0.3, 0.4) is 0 Å². The lowest BCUT2D eigenvalue weighted by molar-refractivity contribution is -0.122. The molecule has 0 aliphatic carbocycles. The number of aryl methyl sites for hydroxylation is 1. The Kier molecular flexibility index (Phi) is 5.20. The van der Waals surface area contributed by atoms with E-state index in [1.807, 2.05) is 0 Å². The Balaban J connectivity index is 1.94. The van der Waals surface area contributed by atoms with Crippen LogP contribution >= 0.6 is 27.5 Å². The lowest BCUT2D eigenvalue weighted by atomic mass is 10.2. The summed E-state index contributed by atoms with van der Waals surface area (Å²) in [6.07, 6.45) is 0. The van der Waals surface area contributed by atoms with E-state index in [9.17, 15) is 9.59 Å². The quantitative estimate of drug-likeness (QED) is 0.797. The van der Waals surface area contributed by atoms with Gasteiger partial charge in [0.15, 0.2) is 0 Å². The van der Waals surface area contributed by atoms with Gasteiger partial charge >= 0.3 is 0 Å². The van der Waals surface area contributed by atoms with E-state index in [1.165, 1.54) is 4.68 Å². The molecule has 8 heteroatoms. The first-order valence-corrected chi connectivity index (χ1v) is 7.60. The molecule has 1 aromatic carbocycles. The topological polar surface area (TPSA) is 76.0 Å². The number of carbonyl (C=O) groups excluding carboxylic acids is 2. The Hall–Kier alpha value is -1.86. The van der Waals surface area contributed by atoms with Gasteiger partial charge in [-0.3, -0.25) is 25.1 Å². The summed E-state index contributed by atoms with van der Waals surface area (Å²) in [6, 6.07) is 6.92. The number of rotatable bonds is 3. The lowest BCUT2D eigenvalue weighted by Crippen LogP contribution is -2.43. The van der Waals surface area contributed by atoms with E-state index >= 15 is 0 Å². The van der Waals surface area contributed by atoms with Crippen LogP contribution in [0.1, 0.15) is 21.7 Å². The van der Waals surface area contributed by atoms with Gasteiger partial charge in [0.2, 0.25) is 0 Å². The molecular formula is C14H14BrClN4O2. The average molecular weight is 386 g/mol. The third kappa shape index (κ3) is 3.66. The number of benzene rings is 1. The normalized spacial score (nSPS) is 10.4.